The number of methoxy groups -OCH3 is 1. The third kappa shape index (κ3) is 11.0. The van der Waals surface area contributed by atoms with Crippen molar-refractivity contribution in [2.45, 2.75) is 170 Å². The van der Waals surface area contributed by atoms with E-state index in [9.17, 15) is 19.2 Å². The zero-order valence-electron chi connectivity index (χ0n) is 41.3. The summed E-state index contributed by atoms with van der Waals surface area (Å²) in [5.74, 6) is -0.905. The zero-order valence-corrected chi connectivity index (χ0v) is 41.3. The number of H-pyrrole nitrogens is 2. The highest BCUT2D eigenvalue weighted by Gasteiger charge is 2.45. The molecule has 0 saturated heterocycles. The first kappa shape index (κ1) is 49.3. The first-order chi connectivity index (χ1) is 30.9. The normalized spacial score (nSPS) is 19.9. The molecule has 5 heterocycles. The first-order valence-corrected chi connectivity index (χ1v) is 24.3. The number of carbonyl (C=O) groups excluding carboxylic acids is 4. The molecule has 3 aromatic rings. The van der Waals surface area contributed by atoms with E-state index < -0.39 is 11.9 Å². The summed E-state index contributed by atoms with van der Waals surface area (Å²) in [5, 5.41) is 0. The molecule has 6 atom stereocenters. The van der Waals surface area contributed by atoms with Crippen LogP contribution >= 0.6 is 0 Å². The highest BCUT2D eigenvalue weighted by molar-refractivity contribution is 6.23. The smallest absolute Gasteiger partial charge is 0.321 e. The van der Waals surface area contributed by atoms with Crippen LogP contribution in [-0.2, 0) is 19.1 Å². The zero-order chi connectivity index (χ0) is 47.3. The lowest BCUT2D eigenvalue weighted by Gasteiger charge is -2.18. The van der Waals surface area contributed by atoms with Crippen molar-refractivity contribution in [1.82, 2.24) is 19.9 Å². The number of ether oxygens (including phenoxy) is 2. The number of hydrogen-bond donors (Lipinski definition) is 2. The highest BCUT2D eigenvalue weighted by Crippen LogP contribution is 2.48. The van der Waals surface area contributed by atoms with Gasteiger partial charge in [0.25, 0.3) is 0 Å². The lowest BCUT2D eigenvalue weighted by Crippen LogP contribution is -2.21. The van der Waals surface area contributed by atoms with Gasteiger partial charge in [-0.3, -0.25) is 29.1 Å². The SMILES string of the molecule is CC=C1c2cc3[nH]c4c(c3C)C(=O)C(C(=O)OC)c4c3nc(cc4[nH]c(cc(n2)C1C)c(C(C)=O)c4C)C(C)C3CCC(=O)OCC=C(C)CCCC(C)CCCC(C)CCCC(C)C. The van der Waals surface area contributed by atoms with Crippen molar-refractivity contribution < 1.29 is 28.7 Å². The largest absolute Gasteiger partial charge is 0.468 e. The topological polar surface area (TPSA) is 144 Å². The number of fused-ring (bicyclic) bond motifs is 8. The van der Waals surface area contributed by atoms with Crippen LogP contribution in [0.3, 0.4) is 0 Å². The maximum Gasteiger partial charge on any atom is 0.321 e. The third-order valence-electron chi connectivity index (χ3n) is 14.5. The number of esters is 2. The van der Waals surface area contributed by atoms with Gasteiger partial charge in [0.15, 0.2) is 11.6 Å². The number of rotatable bonds is 19. The molecule has 8 bridgehead atoms. The van der Waals surface area contributed by atoms with Crippen LogP contribution < -0.4 is 0 Å². The minimum atomic E-state index is -1.22. The van der Waals surface area contributed by atoms with Gasteiger partial charge in [-0.2, -0.15) is 0 Å². The summed E-state index contributed by atoms with van der Waals surface area (Å²) in [6.07, 6.45) is 15.8. The van der Waals surface area contributed by atoms with Gasteiger partial charge in [0.1, 0.15) is 12.5 Å². The Bertz CT molecular complexity index is 2520. The van der Waals surface area contributed by atoms with Crippen molar-refractivity contribution >= 4 is 51.1 Å². The van der Waals surface area contributed by atoms with Gasteiger partial charge in [-0.15, -0.1) is 0 Å². The highest BCUT2D eigenvalue weighted by atomic mass is 16.5. The second kappa shape index (κ2) is 21.5. The van der Waals surface area contributed by atoms with Crippen LogP contribution in [0.5, 0.6) is 0 Å². The van der Waals surface area contributed by atoms with Crippen LogP contribution in [0.25, 0.3) is 27.6 Å². The summed E-state index contributed by atoms with van der Waals surface area (Å²) in [5.41, 5.74) is 10.7. The molecule has 6 unspecified atom stereocenters. The fourth-order valence-electron chi connectivity index (χ4n) is 10.4. The maximum atomic E-state index is 14.4. The number of carbonyl (C=O) groups is 4. The molecular formula is C55H74N4O6. The van der Waals surface area contributed by atoms with Gasteiger partial charge in [-0.25, -0.2) is 0 Å². The van der Waals surface area contributed by atoms with Crippen LogP contribution in [0.1, 0.15) is 217 Å². The van der Waals surface area contributed by atoms with Crippen LogP contribution in [-0.4, -0.2) is 57.2 Å². The molecule has 0 aromatic carbocycles. The van der Waals surface area contributed by atoms with E-state index in [1.807, 2.05) is 51.1 Å². The van der Waals surface area contributed by atoms with E-state index in [2.05, 4.69) is 58.4 Å². The van der Waals surface area contributed by atoms with E-state index in [0.717, 1.165) is 52.7 Å². The molecule has 0 fully saturated rings. The number of ketones is 2. The van der Waals surface area contributed by atoms with Gasteiger partial charge in [-0.1, -0.05) is 98.1 Å². The van der Waals surface area contributed by atoms with E-state index in [4.69, 9.17) is 19.4 Å². The van der Waals surface area contributed by atoms with Gasteiger partial charge in [0.05, 0.1) is 35.2 Å². The van der Waals surface area contributed by atoms with Crippen molar-refractivity contribution in [2.24, 2.45) is 17.8 Å². The molecule has 0 spiro atoms. The molecule has 0 radical (unpaired) electrons. The number of allylic oxidation sites excluding steroid dienone is 3. The Kier molecular flexibility index (Phi) is 16.3. The van der Waals surface area contributed by atoms with Crippen LogP contribution in [0.2, 0.25) is 0 Å². The first-order valence-electron chi connectivity index (χ1n) is 24.3. The van der Waals surface area contributed by atoms with Crippen LogP contribution in [0, 0.1) is 31.6 Å². The van der Waals surface area contributed by atoms with E-state index in [-0.39, 0.29) is 48.3 Å². The Morgan fingerprint density at radius 1 is 0.815 bits per heavy atom. The lowest BCUT2D eigenvalue weighted by atomic mass is 9.84. The molecule has 1 aliphatic carbocycles. The Labute approximate surface area is 386 Å². The number of nitrogens with zero attached hydrogens (tertiary/aromatic N) is 2. The van der Waals surface area contributed by atoms with Crippen molar-refractivity contribution in [3.63, 3.8) is 0 Å². The van der Waals surface area contributed by atoms with Crippen LogP contribution in [0.4, 0.5) is 0 Å². The molecule has 65 heavy (non-hydrogen) atoms. The quantitative estimate of drug-likeness (QED) is 0.0524. The number of aromatic nitrogens is 4. The second-order valence-corrected chi connectivity index (χ2v) is 19.9. The summed E-state index contributed by atoms with van der Waals surface area (Å²) in [7, 11) is 1.29. The number of nitrogens with one attached hydrogen (secondary N) is 2. The van der Waals surface area contributed by atoms with E-state index in [0.29, 0.717) is 62.5 Å². The van der Waals surface area contributed by atoms with Gasteiger partial charge >= 0.3 is 11.9 Å². The average Bonchev–Trinajstić information content (AvgIpc) is 4.00. The molecule has 2 aliphatic heterocycles. The van der Waals surface area contributed by atoms with Gasteiger partial charge in [-0.05, 0) is 113 Å². The Balaban J connectivity index is 1.25. The summed E-state index contributed by atoms with van der Waals surface area (Å²) in [6, 6.07) is 5.87. The predicted octanol–water partition coefficient (Wildman–Crippen LogP) is 13.4. The Hall–Kier alpha value is -5.12. The monoisotopic (exact) mass is 887 g/mol. The van der Waals surface area contributed by atoms with Crippen molar-refractivity contribution in [3.05, 3.63) is 86.5 Å². The van der Waals surface area contributed by atoms with Crippen LogP contribution in [0.15, 0.2) is 35.9 Å². The molecular weight excluding hydrogens is 813 g/mol. The fourth-order valence-corrected chi connectivity index (χ4v) is 10.4. The summed E-state index contributed by atoms with van der Waals surface area (Å²) < 4.78 is 11.1. The maximum absolute atomic E-state index is 14.4. The Morgan fingerprint density at radius 2 is 1.46 bits per heavy atom. The molecule has 10 nitrogen and oxygen atoms in total. The second-order valence-electron chi connectivity index (χ2n) is 19.9. The van der Waals surface area contributed by atoms with E-state index >= 15 is 0 Å². The average molecular weight is 887 g/mol. The summed E-state index contributed by atoms with van der Waals surface area (Å²) in [4.78, 5) is 72.0. The standard InChI is InChI=1S/C55H74N4O6/c1-13-39-34(7)41-29-46-48(38(11)60)36(9)43(57-46)27-42-35(8)40(52(58-42)50-51(55(63)64-12)54(62)49-37(10)44(59-53(49)50)28-45(39)56-41)23-24-47(61)65-26-25-33(6)22-16-21-32(5)20-15-19-31(4)18-14-17-30(2)3/h13,25,27-32,34-35,40,51,57,59H,14-24,26H2,1-12H3. The Morgan fingerprint density at radius 3 is 2.11 bits per heavy atom. The molecule has 3 aromatic heterocycles. The number of aromatic amines is 2. The molecule has 10 heteroatoms. The molecule has 350 valence electrons. The van der Waals surface area contributed by atoms with Gasteiger partial charge in [0, 0.05) is 57.6 Å². The summed E-state index contributed by atoms with van der Waals surface area (Å²) in [6.45, 7) is 23.2. The third-order valence-corrected chi connectivity index (χ3v) is 14.5. The van der Waals surface area contributed by atoms with E-state index in [1.165, 1.54) is 57.6 Å². The van der Waals surface area contributed by atoms with Gasteiger partial charge in [0.2, 0.25) is 0 Å². The van der Waals surface area contributed by atoms with Gasteiger partial charge < -0.3 is 19.4 Å². The summed E-state index contributed by atoms with van der Waals surface area (Å²) >= 11 is 0. The van der Waals surface area contributed by atoms with Crippen molar-refractivity contribution in [3.8, 4) is 0 Å². The molecule has 2 N–H and O–H groups in total. The number of Topliss-reactive ketones (excluding diaryl/α,β-unsaturated/α-hetero) is 2. The molecule has 6 rings (SSSR count). The van der Waals surface area contributed by atoms with Crippen molar-refractivity contribution in [2.75, 3.05) is 13.7 Å². The lowest BCUT2D eigenvalue weighted by molar-refractivity contribution is -0.143. The predicted molar refractivity (Wildman–Crippen MR) is 261 cm³/mol. The number of hydrogen-bond acceptors (Lipinski definition) is 8. The fraction of sp³-hybridized carbons (Fsp3) is 0.564. The minimum Gasteiger partial charge on any atom is -0.468 e. The van der Waals surface area contributed by atoms with E-state index in [1.54, 1.807) is 6.92 Å². The molecule has 3 aliphatic rings. The molecule has 0 amide bonds. The number of aryl methyl sites for hydroxylation is 2. The van der Waals surface area contributed by atoms with Crippen molar-refractivity contribution in [1.29, 1.82) is 0 Å². The minimum absolute atomic E-state index is 0.0485. The molecule has 0 saturated carbocycles.